The molecular weight excluding hydrogens is 236 g/mol. The van der Waals surface area contributed by atoms with E-state index in [1.54, 1.807) is 0 Å². The van der Waals surface area contributed by atoms with Gasteiger partial charge in [0.15, 0.2) is 0 Å². The largest absolute Gasteiger partial charge is 0.159 e. The van der Waals surface area contributed by atoms with Crippen molar-refractivity contribution in [1.82, 2.24) is 0 Å². The predicted octanol–water partition coefficient (Wildman–Crippen LogP) is 6.58. The Morgan fingerprint density at radius 2 is 1.33 bits per heavy atom. The number of unbranched alkanes of at least 4 members (excludes halogenated alkanes) is 10. The van der Waals surface area contributed by atoms with E-state index in [0.29, 0.717) is 0 Å². The van der Waals surface area contributed by atoms with Crippen molar-refractivity contribution in [2.45, 2.75) is 102 Å². The molecule has 1 atom stereocenters. The summed E-state index contributed by atoms with van der Waals surface area (Å²) in [6.07, 6.45) is 20.7. The highest BCUT2D eigenvalue weighted by atomic mass is 32.2. The molecule has 1 aliphatic heterocycles. The van der Waals surface area contributed by atoms with Crippen LogP contribution in [0.25, 0.3) is 0 Å². The van der Waals surface area contributed by atoms with Crippen LogP contribution in [0, 0.1) is 0 Å². The lowest BCUT2D eigenvalue weighted by Crippen LogP contribution is -1.95. The standard InChI is InChI=1S/C17H34S/c1-2-3-4-5-6-7-8-9-10-11-12-14-17-15-13-16-18-17/h17H,2-16H2,1H3. The van der Waals surface area contributed by atoms with Crippen molar-refractivity contribution in [2.24, 2.45) is 0 Å². The van der Waals surface area contributed by atoms with Gasteiger partial charge in [-0.1, -0.05) is 77.6 Å². The van der Waals surface area contributed by atoms with E-state index in [4.69, 9.17) is 0 Å². The van der Waals surface area contributed by atoms with Crippen LogP contribution >= 0.6 is 11.8 Å². The smallest absolute Gasteiger partial charge is 0.00473 e. The molecular formula is C17H34S. The van der Waals surface area contributed by atoms with E-state index in [9.17, 15) is 0 Å². The Hall–Kier alpha value is 0.350. The maximum Gasteiger partial charge on any atom is 0.00473 e. The summed E-state index contributed by atoms with van der Waals surface area (Å²) in [6, 6.07) is 0. The lowest BCUT2D eigenvalue weighted by atomic mass is 10.0. The third-order valence-corrected chi connectivity index (χ3v) is 5.62. The van der Waals surface area contributed by atoms with Gasteiger partial charge in [-0.2, -0.15) is 11.8 Å². The van der Waals surface area contributed by atoms with Gasteiger partial charge < -0.3 is 0 Å². The molecule has 1 saturated heterocycles. The van der Waals surface area contributed by atoms with Gasteiger partial charge in [-0.15, -0.1) is 0 Å². The zero-order valence-corrected chi connectivity index (χ0v) is 13.4. The Kier molecular flexibility index (Phi) is 11.3. The Balaban J connectivity index is 1.68. The molecule has 1 aliphatic rings. The molecule has 0 saturated carbocycles. The lowest BCUT2D eigenvalue weighted by molar-refractivity contribution is 0.540. The Labute approximate surface area is 120 Å². The summed E-state index contributed by atoms with van der Waals surface area (Å²) in [5.41, 5.74) is 0. The van der Waals surface area contributed by atoms with E-state index >= 15 is 0 Å². The summed E-state index contributed by atoms with van der Waals surface area (Å²) >= 11 is 2.22. The van der Waals surface area contributed by atoms with Gasteiger partial charge in [-0.25, -0.2) is 0 Å². The minimum absolute atomic E-state index is 1.03. The van der Waals surface area contributed by atoms with Crippen LogP contribution in [0.3, 0.4) is 0 Å². The Bertz CT molecular complexity index is 161. The number of rotatable bonds is 12. The fourth-order valence-electron chi connectivity index (χ4n) is 2.91. The van der Waals surface area contributed by atoms with E-state index in [1.807, 2.05) is 0 Å². The highest BCUT2D eigenvalue weighted by molar-refractivity contribution is 8.00. The average Bonchev–Trinajstić information content (AvgIpc) is 2.89. The molecule has 0 spiro atoms. The highest BCUT2D eigenvalue weighted by Crippen LogP contribution is 2.30. The average molecular weight is 271 g/mol. The summed E-state index contributed by atoms with van der Waals surface area (Å²) in [6.45, 7) is 2.30. The fraction of sp³-hybridized carbons (Fsp3) is 1.00. The second-order valence-corrected chi connectivity index (χ2v) is 7.37. The van der Waals surface area contributed by atoms with Crippen molar-refractivity contribution in [2.75, 3.05) is 5.75 Å². The molecule has 1 unspecified atom stereocenters. The minimum Gasteiger partial charge on any atom is -0.159 e. The van der Waals surface area contributed by atoms with Gasteiger partial charge in [-0.05, 0) is 25.0 Å². The van der Waals surface area contributed by atoms with Gasteiger partial charge >= 0.3 is 0 Å². The van der Waals surface area contributed by atoms with E-state index in [-0.39, 0.29) is 0 Å². The van der Waals surface area contributed by atoms with E-state index in [1.165, 1.54) is 95.6 Å². The zero-order valence-electron chi connectivity index (χ0n) is 12.6. The maximum absolute atomic E-state index is 2.30. The number of hydrogen-bond acceptors (Lipinski definition) is 1. The molecule has 0 amide bonds. The lowest BCUT2D eigenvalue weighted by Gasteiger charge is -2.07. The van der Waals surface area contributed by atoms with Crippen molar-refractivity contribution < 1.29 is 0 Å². The summed E-state index contributed by atoms with van der Waals surface area (Å²) in [4.78, 5) is 0. The molecule has 1 fully saturated rings. The normalized spacial score (nSPS) is 19.5. The predicted molar refractivity (Wildman–Crippen MR) is 86.6 cm³/mol. The topological polar surface area (TPSA) is 0 Å². The third kappa shape index (κ3) is 9.30. The van der Waals surface area contributed by atoms with Crippen LogP contribution in [0.15, 0.2) is 0 Å². The molecule has 1 heteroatoms. The first-order valence-corrected chi connectivity index (χ1v) is 9.60. The Morgan fingerprint density at radius 3 is 1.83 bits per heavy atom. The third-order valence-electron chi connectivity index (χ3n) is 4.15. The molecule has 0 aliphatic carbocycles. The van der Waals surface area contributed by atoms with E-state index in [0.717, 1.165) is 5.25 Å². The molecule has 0 bridgehead atoms. The second-order valence-electron chi connectivity index (χ2n) is 5.96. The first-order chi connectivity index (χ1) is 8.93. The van der Waals surface area contributed by atoms with Crippen molar-refractivity contribution in [3.8, 4) is 0 Å². The summed E-state index contributed by atoms with van der Waals surface area (Å²) < 4.78 is 0. The molecule has 18 heavy (non-hydrogen) atoms. The van der Waals surface area contributed by atoms with Gasteiger partial charge in [0, 0.05) is 5.25 Å². The number of thioether (sulfide) groups is 1. The van der Waals surface area contributed by atoms with Gasteiger partial charge in [0.05, 0.1) is 0 Å². The summed E-state index contributed by atoms with van der Waals surface area (Å²) in [7, 11) is 0. The van der Waals surface area contributed by atoms with Crippen LogP contribution in [0.4, 0.5) is 0 Å². The molecule has 0 radical (unpaired) electrons. The fourth-order valence-corrected chi connectivity index (χ4v) is 4.24. The van der Waals surface area contributed by atoms with Gasteiger partial charge in [0.1, 0.15) is 0 Å². The zero-order chi connectivity index (χ0) is 12.9. The molecule has 1 rings (SSSR count). The van der Waals surface area contributed by atoms with Gasteiger partial charge in [-0.3, -0.25) is 0 Å². The Morgan fingerprint density at radius 1 is 0.778 bits per heavy atom. The van der Waals surface area contributed by atoms with Crippen LogP contribution in [0.5, 0.6) is 0 Å². The monoisotopic (exact) mass is 270 g/mol. The van der Waals surface area contributed by atoms with Crippen molar-refractivity contribution in [1.29, 1.82) is 0 Å². The second kappa shape index (κ2) is 12.4. The van der Waals surface area contributed by atoms with Gasteiger partial charge in [0.25, 0.3) is 0 Å². The SMILES string of the molecule is CCCCCCCCCCCCCC1CCCS1. The van der Waals surface area contributed by atoms with Crippen molar-refractivity contribution in [3.05, 3.63) is 0 Å². The molecule has 0 aromatic rings. The highest BCUT2D eigenvalue weighted by Gasteiger charge is 2.14. The quantitative estimate of drug-likeness (QED) is 0.361. The molecule has 0 aromatic heterocycles. The molecule has 0 N–H and O–H groups in total. The minimum atomic E-state index is 1.03. The summed E-state index contributed by atoms with van der Waals surface area (Å²) in [5.74, 6) is 1.43. The summed E-state index contributed by atoms with van der Waals surface area (Å²) in [5, 5.41) is 1.03. The van der Waals surface area contributed by atoms with E-state index in [2.05, 4.69) is 18.7 Å². The van der Waals surface area contributed by atoms with Crippen LogP contribution in [0.2, 0.25) is 0 Å². The van der Waals surface area contributed by atoms with E-state index < -0.39 is 0 Å². The van der Waals surface area contributed by atoms with Crippen LogP contribution < -0.4 is 0 Å². The van der Waals surface area contributed by atoms with Crippen LogP contribution in [0.1, 0.15) is 96.8 Å². The molecule has 1 heterocycles. The number of hydrogen-bond donors (Lipinski definition) is 0. The maximum atomic E-state index is 2.30. The van der Waals surface area contributed by atoms with Crippen molar-refractivity contribution in [3.63, 3.8) is 0 Å². The molecule has 0 nitrogen and oxygen atoms in total. The molecule has 108 valence electrons. The van der Waals surface area contributed by atoms with Crippen LogP contribution in [-0.4, -0.2) is 11.0 Å². The molecule has 0 aromatic carbocycles. The van der Waals surface area contributed by atoms with Gasteiger partial charge in [0.2, 0.25) is 0 Å². The first kappa shape index (κ1) is 16.4. The van der Waals surface area contributed by atoms with Crippen LogP contribution in [-0.2, 0) is 0 Å². The van der Waals surface area contributed by atoms with Crippen molar-refractivity contribution >= 4 is 11.8 Å². The first-order valence-electron chi connectivity index (χ1n) is 8.55.